The molecule has 3 rings (SSSR count). The molecule has 0 saturated carbocycles. The molecule has 0 unspecified atom stereocenters. The number of anilines is 2. The number of nitrogens with one attached hydrogen (secondary N) is 1. The molecule has 3 nitrogen and oxygen atoms in total. The molecule has 1 fully saturated rings. The van der Waals surface area contributed by atoms with Gasteiger partial charge in [-0.1, -0.05) is 25.0 Å². The summed E-state index contributed by atoms with van der Waals surface area (Å²) in [5.41, 5.74) is 3.99. The fraction of sp³-hybridized carbons (Fsp3) is 0.474. The quantitative estimate of drug-likeness (QED) is 0.594. The molecule has 1 aliphatic rings. The van der Waals surface area contributed by atoms with Crippen molar-refractivity contribution in [1.82, 2.24) is 4.31 Å². The summed E-state index contributed by atoms with van der Waals surface area (Å²) in [6.45, 7) is 4.58. The Hall–Kier alpha value is -0.820. The zero-order valence-corrected chi connectivity index (χ0v) is 17.7. The summed E-state index contributed by atoms with van der Waals surface area (Å²) < 4.78 is 8.37. The molecule has 0 aliphatic carbocycles. The van der Waals surface area contributed by atoms with Gasteiger partial charge in [-0.05, 0) is 81.5 Å². The number of para-hydroxylation sites is 1. The third-order valence-corrected chi connectivity index (χ3v) is 7.24. The maximum atomic E-state index is 3.62. The van der Waals surface area contributed by atoms with Crippen LogP contribution < -0.4 is 9.62 Å². The Kier molecular flexibility index (Phi) is 6.99. The molecule has 6 heteroatoms. The van der Waals surface area contributed by atoms with Gasteiger partial charge in [0.25, 0.3) is 0 Å². The van der Waals surface area contributed by atoms with Crippen LogP contribution in [0.4, 0.5) is 11.4 Å². The Balaban J connectivity index is 1.71. The lowest BCUT2D eigenvalue weighted by Crippen LogP contribution is -2.25. The molecule has 0 amide bonds. The second-order valence-electron chi connectivity index (χ2n) is 6.55. The van der Waals surface area contributed by atoms with Gasteiger partial charge in [-0.2, -0.15) is 0 Å². The Morgan fingerprint density at radius 3 is 2.44 bits per heavy atom. The van der Waals surface area contributed by atoms with Crippen molar-refractivity contribution >= 4 is 46.6 Å². The molecule has 2 heterocycles. The van der Waals surface area contributed by atoms with Gasteiger partial charge in [-0.3, -0.25) is 4.31 Å². The van der Waals surface area contributed by atoms with Crippen LogP contribution in [0.2, 0.25) is 0 Å². The molecular weight excluding hydrogens is 366 g/mol. The second-order valence-corrected chi connectivity index (χ2v) is 10.4. The molecule has 1 saturated heterocycles. The molecule has 1 aromatic carbocycles. The summed E-state index contributed by atoms with van der Waals surface area (Å²) in [6.07, 6.45) is 5.33. The van der Waals surface area contributed by atoms with Crippen molar-refractivity contribution in [1.29, 1.82) is 0 Å². The van der Waals surface area contributed by atoms with E-state index in [-0.39, 0.29) is 0 Å². The van der Waals surface area contributed by atoms with Crippen molar-refractivity contribution in [2.75, 3.05) is 36.8 Å². The van der Waals surface area contributed by atoms with E-state index in [1.54, 1.807) is 23.9 Å². The summed E-state index contributed by atoms with van der Waals surface area (Å²) in [5, 5.41) is 0. The minimum absolute atomic E-state index is 1.17. The van der Waals surface area contributed by atoms with Crippen LogP contribution in [0.25, 0.3) is 0 Å². The smallest absolute Gasteiger partial charge is 0.0820 e. The third kappa shape index (κ3) is 5.33. The van der Waals surface area contributed by atoms with Crippen LogP contribution in [0.15, 0.2) is 38.8 Å². The average molecular weight is 394 g/mol. The van der Waals surface area contributed by atoms with Gasteiger partial charge < -0.3 is 9.62 Å². The van der Waals surface area contributed by atoms with Gasteiger partial charge in [-0.15, -0.1) is 11.3 Å². The molecule has 1 N–H and O–H groups in total. The SMILES string of the molecule is Cc1cccc(NSc2ccc(SN(C)C)s2)c1N1CCCCCC1. The van der Waals surface area contributed by atoms with Gasteiger partial charge in [0.15, 0.2) is 0 Å². The molecule has 1 aromatic heterocycles. The highest BCUT2D eigenvalue weighted by Gasteiger charge is 2.16. The van der Waals surface area contributed by atoms with E-state index in [1.807, 2.05) is 11.3 Å². The summed E-state index contributed by atoms with van der Waals surface area (Å²) in [7, 11) is 4.16. The Labute approximate surface area is 164 Å². The molecule has 0 spiro atoms. The van der Waals surface area contributed by atoms with Gasteiger partial charge in [0.2, 0.25) is 0 Å². The van der Waals surface area contributed by atoms with E-state index in [4.69, 9.17) is 0 Å². The maximum Gasteiger partial charge on any atom is 0.0820 e. The van der Waals surface area contributed by atoms with Crippen LogP contribution in [0.3, 0.4) is 0 Å². The zero-order valence-electron chi connectivity index (χ0n) is 15.2. The number of hydrogen-bond donors (Lipinski definition) is 1. The molecule has 0 radical (unpaired) electrons. The largest absolute Gasteiger partial charge is 0.370 e. The van der Waals surface area contributed by atoms with E-state index >= 15 is 0 Å². The normalized spacial score (nSPS) is 15.4. The first-order chi connectivity index (χ1) is 12.1. The minimum atomic E-state index is 1.17. The molecule has 136 valence electrons. The highest BCUT2D eigenvalue weighted by Crippen LogP contribution is 2.38. The molecular formula is C19H27N3S3. The highest BCUT2D eigenvalue weighted by atomic mass is 32.2. The van der Waals surface area contributed by atoms with E-state index in [0.717, 1.165) is 0 Å². The van der Waals surface area contributed by atoms with Crippen LogP contribution in [-0.4, -0.2) is 31.5 Å². The number of hydrogen-bond acceptors (Lipinski definition) is 6. The van der Waals surface area contributed by atoms with E-state index in [0.29, 0.717) is 0 Å². The summed E-state index contributed by atoms with van der Waals surface area (Å²) in [5.74, 6) is 0. The molecule has 1 aliphatic heterocycles. The van der Waals surface area contributed by atoms with Crippen molar-refractivity contribution in [3.05, 3.63) is 35.9 Å². The van der Waals surface area contributed by atoms with Crippen LogP contribution in [-0.2, 0) is 0 Å². The fourth-order valence-corrected chi connectivity index (χ4v) is 6.20. The lowest BCUT2D eigenvalue weighted by molar-refractivity contribution is 0.704. The van der Waals surface area contributed by atoms with Crippen molar-refractivity contribution in [3.8, 4) is 0 Å². The number of rotatable bonds is 6. The molecule has 2 aromatic rings. The van der Waals surface area contributed by atoms with Gasteiger partial charge in [0.1, 0.15) is 0 Å². The first kappa shape index (κ1) is 19.0. The number of aryl methyl sites for hydroxylation is 1. The molecule has 0 atom stereocenters. The zero-order chi connectivity index (χ0) is 17.6. The number of benzene rings is 1. The van der Waals surface area contributed by atoms with E-state index in [1.165, 1.54) is 64.1 Å². The Bertz CT molecular complexity index is 676. The van der Waals surface area contributed by atoms with Gasteiger partial charge in [-0.25, -0.2) is 0 Å². The summed E-state index contributed by atoms with van der Waals surface area (Å²) in [6, 6.07) is 11.0. The van der Waals surface area contributed by atoms with Crippen molar-refractivity contribution in [2.45, 2.75) is 41.0 Å². The lowest BCUT2D eigenvalue weighted by atomic mass is 10.1. The Morgan fingerprint density at radius 2 is 1.72 bits per heavy atom. The number of thiophene rings is 1. The fourth-order valence-electron chi connectivity index (χ4n) is 3.15. The first-order valence-corrected chi connectivity index (χ1v) is 11.3. The average Bonchev–Trinajstić information content (AvgIpc) is 2.84. The van der Waals surface area contributed by atoms with Crippen molar-refractivity contribution in [3.63, 3.8) is 0 Å². The number of nitrogens with zero attached hydrogens (tertiary/aromatic N) is 2. The minimum Gasteiger partial charge on any atom is -0.370 e. The monoisotopic (exact) mass is 393 g/mol. The third-order valence-electron chi connectivity index (χ3n) is 4.25. The predicted molar refractivity (Wildman–Crippen MR) is 115 cm³/mol. The standard InChI is InChI=1S/C19H27N3S3/c1-15-9-8-10-16(19(15)22-13-6-4-5-7-14-22)20-24-17-11-12-18(23-17)25-21(2)3/h8-12,20H,4-7,13-14H2,1-3H3. The summed E-state index contributed by atoms with van der Waals surface area (Å²) in [4.78, 5) is 2.58. The van der Waals surface area contributed by atoms with Gasteiger partial charge in [0, 0.05) is 13.1 Å². The van der Waals surface area contributed by atoms with Crippen LogP contribution in [0.5, 0.6) is 0 Å². The van der Waals surface area contributed by atoms with E-state index < -0.39 is 0 Å². The second kappa shape index (κ2) is 9.21. The van der Waals surface area contributed by atoms with Crippen molar-refractivity contribution < 1.29 is 0 Å². The Morgan fingerprint density at radius 1 is 1.00 bits per heavy atom. The molecule has 25 heavy (non-hydrogen) atoms. The van der Waals surface area contributed by atoms with Crippen LogP contribution >= 0.6 is 35.2 Å². The highest BCUT2D eigenvalue weighted by molar-refractivity contribution is 8.03. The van der Waals surface area contributed by atoms with E-state index in [2.05, 4.69) is 65.3 Å². The summed E-state index contributed by atoms with van der Waals surface area (Å²) >= 11 is 5.34. The van der Waals surface area contributed by atoms with Crippen LogP contribution in [0.1, 0.15) is 31.2 Å². The molecule has 0 bridgehead atoms. The maximum absolute atomic E-state index is 3.62. The van der Waals surface area contributed by atoms with E-state index in [9.17, 15) is 0 Å². The van der Waals surface area contributed by atoms with Gasteiger partial charge >= 0.3 is 0 Å². The van der Waals surface area contributed by atoms with Crippen LogP contribution in [0, 0.1) is 6.92 Å². The predicted octanol–water partition coefficient (Wildman–Crippen LogP) is 6.12. The topological polar surface area (TPSA) is 18.5 Å². The lowest BCUT2D eigenvalue weighted by Gasteiger charge is -2.27. The van der Waals surface area contributed by atoms with Gasteiger partial charge in [0.05, 0.1) is 19.8 Å². The van der Waals surface area contributed by atoms with Crippen molar-refractivity contribution in [2.24, 2.45) is 0 Å². The first-order valence-electron chi connectivity index (χ1n) is 8.86.